The van der Waals surface area contributed by atoms with Gasteiger partial charge in [-0.15, -0.1) is 0 Å². The van der Waals surface area contributed by atoms with Crippen LogP contribution in [0.3, 0.4) is 0 Å². The second-order valence-corrected chi connectivity index (χ2v) is 6.72. The van der Waals surface area contributed by atoms with Gasteiger partial charge in [0.05, 0.1) is 11.6 Å². The molecule has 0 aliphatic carbocycles. The first-order valence-electron chi connectivity index (χ1n) is 9.02. The molecule has 0 unspecified atom stereocenters. The molecule has 0 bridgehead atoms. The molecule has 30 heavy (non-hydrogen) atoms. The van der Waals surface area contributed by atoms with Crippen LogP contribution in [0.15, 0.2) is 78.9 Å². The lowest BCUT2D eigenvalue weighted by molar-refractivity contribution is 0.447. The lowest BCUT2D eigenvalue weighted by atomic mass is 9.97. The quantitative estimate of drug-likeness (QED) is 0.264. The zero-order chi connectivity index (χ0) is 21.3. The molecule has 0 atom stereocenters. The van der Waals surface area contributed by atoms with Gasteiger partial charge in [-0.05, 0) is 58.1 Å². The smallest absolute Gasteiger partial charge is 0.194 e. The van der Waals surface area contributed by atoms with Crippen molar-refractivity contribution in [2.75, 3.05) is 0 Å². The fourth-order valence-electron chi connectivity index (χ4n) is 3.23. The average Bonchev–Trinajstić information content (AvgIpc) is 2.77. The van der Waals surface area contributed by atoms with Crippen molar-refractivity contribution < 1.29 is 17.6 Å². The fourth-order valence-corrected chi connectivity index (χ4v) is 3.23. The van der Waals surface area contributed by atoms with Crippen LogP contribution in [0.1, 0.15) is 5.56 Å². The van der Waals surface area contributed by atoms with Gasteiger partial charge >= 0.3 is 0 Å². The zero-order valence-corrected chi connectivity index (χ0v) is 15.5. The highest BCUT2D eigenvalue weighted by Gasteiger charge is 2.14. The van der Waals surface area contributed by atoms with E-state index in [1.165, 1.54) is 12.1 Å². The Morgan fingerprint density at radius 2 is 0.933 bits per heavy atom. The molecule has 0 fully saturated rings. The number of hydrogen-bond donors (Lipinski definition) is 0. The molecule has 5 heteroatoms. The first-order valence-corrected chi connectivity index (χ1v) is 9.02. The van der Waals surface area contributed by atoms with Gasteiger partial charge in [-0.1, -0.05) is 48.5 Å². The fraction of sp³-hybridized carbons (Fsp3) is 0. The Morgan fingerprint density at radius 1 is 0.500 bits per heavy atom. The number of halogens is 4. The molecule has 0 aliphatic heterocycles. The standard InChI is InChI=1S/C25H13F4N/c26-22-11-19(9-10-21(22)20-12-23(27)25(29)24(28)13-20)18-7-5-17(6-8-18)16-3-1-15(14-30)2-4-16/h1-13H. The molecule has 4 rings (SSSR count). The number of rotatable bonds is 3. The maximum absolute atomic E-state index is 14.6. The van der Waals surface area contributed by atoms with Gasteiger partial charge in [-0.3, -0.25) is 0 Å². The van der Waals surface area contributed by atoms with Gasteiger partial charge in [0, 0.05) is 5.56 Å². The van der Waals surface area contributed by atoms with E-state index in [4.69, 9.17) is 5.26 Å². The van der Waals surface area contributed by atoms with E-state index in [1.807, 2.05) is 36.4 Å². The van der Waals surface area contributed by atoms with Gasteiger partial charge in [0.25, 0.3) is 0 Å². The van der Waals surface area contributed by atoms with E-state index in [1.54, 1.807) is 18.2 Å². The van der Waals surface area contributed by atoms with E-state index in [2.05, 4.69) is 6.07 Å². The van der Waals surface area contributed by atoms with Crippen molar-refractivity contribution in [1.29, 1.82) is 5.26 Å². The van der Waals surface area contributed by atoms with Gasteiger partial charge in [0.15, 0.2) is 17.5 Å². The lowest BCUT2D eigenvalue weighted by Gasteiger charge is -2.09. The van der Waals surface area contributed by atoms with E-state index in [0.717, 1.165) is 28.8 Å². The van der Waals surface area contributed by atoms with Crippen LogP contribution in [0.25, 0.3) is 33.4 Å². The molecule has 1 nitrogen and oxygen atoms in total. The second kappa shape index (κ2) is 7.84. The van der Waals surface area contributed by atoms with Crippen LogP contribution in [0, 0.1) is 34.6 Å². The van der Waals surface area contributed by atoms with Crippen LogP contribution in [-0.4, -0.2) is 0 Å². The summed E-state index contributed by atoms with van der Waals surface area (Å²) in [5.41, 5.74) is 3.71. The van der Waals surface area contributed by atoms with Crippen molar-refractivity contribution in [3.63, 3.8) is 0 Å². The van der Waals surface area contributed by atoms with Crippen molar-refractivity contribution in [1.82, 2.24) is 0 Å². The van der Waals surface area contributed by atoms with Crippen LogP contribution in [0.4, 0.5) is 17.6 Å². The molecule has 146 valence electrons. The normalized spacial score (nSPS) is 10.6. The molecule has 0 amide bonds. The number of hydrogen-bond acceptors (Lipinski definition) is 1. The summed E-state index contributed by atoms with van der Waals surface area (Å²) < 4.78 is 54.7. The Bertz CT molecular complexity index is 1250. The van der Waals surface area contributed by atoms with Crippen LogP contribution in [0.5, 0.6) is 0 Å². The van der Waals surface area contributed by atoms with Crippen molar-refractivity contribution >= 4 is 0 Å². The summed E-state index contributed by atoms with van der Waals surface area (Å²) in [7, 11) is 0. The molecular weight excluding hydrogens is 390 g/mol. The van der Waals surface area contributed by atoms with E-state index < -0.39 is 23.3 Å². The van der Waals surface area contributed by atoms with E-state index in [-0.39, 0.29) is 11.1 Å². The van der Waals surface area contributed by atoms with Crippen molar-refractivity contribution in [2.45, 2.75) is 0 Å². The molecule has 4 aromatic rings. The summed E-state index contributed by atoms with van der Waals surface area (Å²) in [4.78, 5) is 0. The zero-order valence-electron chi connectivity index (χ0n) is 15.5. The van der Waals surface area contributed by atoms with Crippen LogP contribution in [-0.2, 0) is 0 Å². The summed E-state index contributed by atoms with van der Waals surface area (Å²) in [5.74, 6) is -4.99. The van der Waals surface area contributed by atoms with Crippen LogP contribution < -0.4 is 0 Å². The Morgan fingerprint density at radius 3 is 1.43 bits per heavy atom. The van der Waals surface area contributed by atoms with E-state index >= 15 is 0 Å². The van der Waals surface area contributed by atoms with E-state index in [0.29, 0.717) is 11.1 Å². The molecule has 0 aromatic heterocycles. The van der Waals surface area contributed by atoms with E-state index in [9.17, 15) is 17.6 Å². The van der Waals surface area contributed by atoms with Gasteiger partial charge in [-0.2, -0.15) is 5.26 Å². The molecule has 4 aromatic carbocycles. The summed E-state index contributed by atoms with van der Waals surface area (Å²) in [6.45, 7) is 0. The average molecular weight is 403 g/mol. The SMILES string of the molecule is N#Cc1ccc(-c2ccc(-c3ccc(-c4cc(F)c(F)c(F)c4)c(F)c3)cc2)cc1. The Hall–Kier alpha value is -3.91. The molecule has 0 spiro atoms. The summed E-state index contributed by atoms with van der Waals surface area (Å²) in [6, 6.07) is 22.5. The molecule has 0 radical (unpaired) electrons. The topological polar surface area (TPSA) is 23.8 Å². The lowest BCUT2D eigenvalue weighted by Crippen LogP contribution is -1.94. The van der Waals surface area contributed by atoms with Gasteiger partial charge in [-0.25, -0.2) is 17.6 Å². The van der Waals surface area contributed by atoms with Crippen LogP contribution >= 0.6 is 0 Å². The van der Waals surface area contributed by atoms with Gasteiger partial charge in [0.2, 0.25) is 0 Å². The number of nitriles is 1. The Labute approximate surface area is 170 Å². The third-order valence-corrected chi connectivity index (χ3v) is 4.83. The minimum atomic E-state index is -1.59. The number of nitrogens with zero attached hydrogens (tertiary/aromatic N) is 1. The predicted octanol–water partition coefficient (Wildman–Crippen LogP) is 7.12. The summed E-state index contributed by atoms with van der Waals surface area (Å²) in [6.07, 6.45) is 0. The van der Waals surface area contributed by atoms with Crippen LogP contribution in [0.2, 0.25) is 0 Å². The largest absolute Gasteiger partial charge is 0.206 e. The first-order chi connectivity index (χ1) is 14.5. The molecule has 0 saturated heterocycles. The monoisotopic (exact) mass is 403 g/mol. The second-order valence-electron chi connectivity index (χ2n) is 6.72. The number of benzene rings is 4. The highest BCUT2D eigenvalue weighted by molar-refractivity contribution is 5.74. The molecule has 0 N–H and O–H groups in total. The third-order valence-electron chi connectivity index (χ3n) is 4.83. The third kappa shape index (κ3) is 3.68. The maximum Gasteiger partial charge on any atom is 0.194 e. The Kier molecular flexibility index (Phi) is 5.07. The Balaban J connectivity index is 1.63. The maximum atomic E-state index is 14.6. The first kappa shape index (κ1) is 19.4. The molecule has 0 saturated carbocycles. The van der Waals surface area contributed by atoms with Crippen molar-refractivity contribution in [2.24, 2.45) is 0 Å². The molecule has 0 heterocycles. The summed E-state index contributed by atoms with van der Waals surface area (Å²) in [5, 5.41) is 8.88. The van der Waals surface area contributed by atoms with Gasteiger partial charge in [0.1, 0.15) is 5.82 Å². The van der Waals surface area contributed by atoms with Crippen molar-refractivity contribution in [3.05, 3.63) is 108 Å². The predicted molar refractivity (Wildman–Crippen MR) is 107 cm³/mol. The minimum absolute atomic E-state index is 0.0225. The highest BCUT2D eigenvalue weighted by Crippen LogP contribution is 2.31. The molecule has 0 aliphatic rings. The molecular formula is C25H13F4N. The highest BCUT2D eigenvalue weighted by atomic mass is 19.2. The minimum Gasteiger partial charge on any atom is -0.206 e. The van der Waals surface area contributed by atoms with Gasteiger partial charge < -0.3 is 0 Å². The van der Waals surface area contributed by atoms with Crippen molar-refractivity contribution in [3.8, 4) is 39.4 Å². The summed E-state index contributed by atoms with van der Waals surface area (Å²) >= 11 is 0.